The van der Waals surface area contributed by atoms with Crippen LogP contribution in [0.3, 0.4) is 0 Å². The fourth-order valence-corrected chi connectivity index (χ4v) is 2.98. The molecule has 0 bridgehead atoms. The van der Waals surface area contributed by atoms with Crippen molar-refractivity contribution in [2.45, 2.75) is 31.7 Å². The Morgan fingerprint density at radius 1 is 1.42 bits per heavy atom. The number of nitrogens with two attached hydrogens (primary N) is 1. The molecule has 0 amide bonds. The highest BCUT2D eigenvalue weighted by Gasteiger charge is 2.29. The van der Waals surface area contributed by atoms with Crippen LogP contribution in [0.25, 0.3) is 10.6 Å². The zero-order valence-electron chi connectivity index (χ0n) is 10.0. The maximum absolute atomic E-state index is 11.1. The molecule has 1 fully saturated rings. The summed E-state index contributed by atoms with van der Waals surface area (Å²) < 4.78 is 1.69. The molecule has 2 N–H and O–H groups in total. The molecule has 19 heavy (non-hydrogen) atoms. The van der Waals surface area contributed by atoms with Crippen molar-refractivity contribution in [3.05, 3.63) is 16.3 Å². The van der Waals surface area contributed by atoms with Crippen molar-refractivity contribution in [1.29, 1.82) is 0 Å². The molecule has 0 aromatic carbocycles. The lowest BCUT2D eigenvalue weighted by Gasteiger charge is -2.03. The minimum atomic E-state index is -0.488. The molecule has 0 atom stereocenters. The van der Waals surface area contributed by atoms with Crippen LogP contribution in [0.1, 0.15) is 31.7 Å². The molecule has 0 saturated heterocycles. The summed E-state index contributed by atoms with van der Waals surface area (Å²) in [4.78, 5) is 10.6. The summed E-state index contributed by atoms with van der Waals surface area (Å²) in [6, 6.07) is 0.248. The number of nitro groups is 1. The average Bonchev–Trinajstić information content (AvgIpc) is 3.07. The fraction of sp³-hybridized carbons (Fsp3) is 0.500. The van der Waals surface area contributed by atoms with Crippen molar-refractivity contribution < 1.29 is 4.92 Å². The van der Waals surface area contributed by atoms with E-state index in [-0.39, 0.29) is 17.0 Å². The summed E-state index contributed by atoms with van der Waals surface area (Å²) >= 11 is 1.13. The average molecular weight is 280 g/mol. The monoisotopic (exact) mass is 280 g/mol. The van der Waals surface area contributed by atoms with Gasteiger partial charge in [-0.1, -0.05) is 24.2 Å². The zero-order chi connectivity index (χ0) is 13.4. The van der Waals surface area contributed by atoms with Gasteiger partial charge in [0.15, 0.2) is 5.01 Å². The predicted octanol–water partition coefficient (Wildman–Crippen LogP) is 2.01. The van der Waals surface area contributed by atoms with Crippen molar-refractivity contribution in [2.75, 3.05) is 5.73 Å². The summed E-state index contributed by atoms with van der Waals surface area (Å²) in [5.41, 5.74) is 5.91. The van der Waals surface area contributed by atoms with Crippen molar-refractivity contribution in [2.24, 2.45) is 0 Å². The van der Waals surface area contributed by atoms with E-state index in [1.54, 1.807) is 10.9 Å². The van der Waals surface area contributed by atoms with Crippen molar-refractivity contribution in [3.63, 3.8) is 0 Å². The lowest BCUT2D eigenvalue weighted by atomic mass is 10.2. The predicted molar refractivity (Wildman–Crippen MR) is 69.7 cm³/mol. The summed E-state index contributed by atoms with van der Waals surface area (Å²) in [6.07, 6.45) is 5.99. The van der Waals surface area contributed by atoms with Crippen LogP contribution in [0.5, 0.6) is 0 Å². The third-order valence-corrected chi connectivity index (χ3v) is 4.04. The first kappa shape index (κ1) is 12.0. The number of hydrogen-bond acceptors (Lipinski definition) is 7. The molecule has 0 spiro atoms. The van der Waals surface area contributed by atoms with Gasteiger partial charge in [0.1, 0.15) is 5.56 Å². The van der Waals surface area contributed by atoms with Crippen LogP contribution in [0.2, 0.25) is 0 Å². The Bertz CT molecular complexity index is 615. The Balaban J connectivity index is 2.04. The largest absolute Gasteiger partial charge is 0.400 e. The molecule has 2 aromatic heterocycles. The van der Waals surface area contributed by atoms with Gasteiger partial charge in [0.2, 0.25) is 5.13 Å². The van der Waals surface area contributed by atoms with Gasteiger partial charge in [-0.15, -0.1) is 10.2 Å². The van der Waals surface area contributed by atoms with Gasteiger partial charge in [-0.2, -0.15) is 4.68 Å². The van der Waals surface area contributed by atoms with Crippen molar-refractivity contribution in [3.8, 4) is 10.6 Å². The van der Waals surface area contributed by atoms with Crippen molar-refractivity contribution >= 4 is 22.3 Å². The highest BCUT2D eigenvalue weighted by atomic mass is 32.1. The maximum Gasteiger partial charge on any atom is 0.400 e. The molecule has 1 aliphatic carbocycles. The molecule has 100 valence electrons. The quantitative estimate of drug-likeness (QED) is 0.679. The van der Waals surface area contributed by atoms with Crippen LogP contribution < -0.4 is 5.73 Å². The standard InChI is InChI=1S/C10H12N6O2S/c11-10-13-12-9(19-10)7-5-15(6-3-1-2-4-6)14-8(7)16(17)18/h5-6H,1-4H2,(H2,11,13). The van der Waals surface area contributed by atoms with E-state index in [4.69, 9.17) is 5.73 Å². The molecular weight excluding hydrogens is 268 g/mol. The number of aromatic nitrogens is 4. The lowest BCUT2D eigenvalue weighted by molar-refractivity contribution is -0.389. The molecule has 0 unspecified atom stereocenters. The van der Waals surface area contributed by atoms with E-state index >= 15 is 0 Å². The first-order valence-corrected chi connectivity index (χ1v) is 6.79. The van der Waals surface area contributed by atoms with Gasteiger partial charge in [-0.3, -0.25) is 0 Å². The second-order valence-corrected chi connectivity index (χ2v) is 5.50. The molecule has 0 radical (unpaired) electrons. The molecule has 0 aliphatic heterocycles. The van der Waals surface area contributed by atoms with E-state index in [2.05, 4.69) is 15.3 Å². The SMILES string of the molecule is Nc1nnc(-c2cn(C3CCCC3)nc2[N+](=O)[O-])s1. The molecule has 2 heterocycles. The van der Waals surface area contributed by atoms with Crippen molar-refractivity contribution in [1.82, 2.24) is 20.0 Å². The number of nitrogens with zero attached hydrogens (tertiary/aromatic N) is 5. The summed E-state index contributed by atoms with van der Waals surface area (Å²) in [7, 11) is 0. The summed E-state index contributed by atoms with van der Waals surface area (Å²) in [5.74, 6) is -0.178. The maximum atomic E-state index is 11.1. The van der Waals surface area contributed by atoms with Crippen LogP contribution >= 0.6 is 11.3 Å². The normalized spacial score (nSPS) is 16.0. The summed E-state index contributed by atoms with van der Waals surface area (Å²) in [5, 5.41) is 23.4. The molecule has 1 saturated carbocycles. The number of nitrogen functional groups attached to an aromatic ring is 1. The van der Waals surface area contributed by atoms with E-state index in [9.17, 15) is 10.1 Å². The highest BCUT2D eigenvalue weighted by Crippen LogP contribution is 2.35. The number of anilines is 1. The first-order chi connectivity index (χ1) is 9.15. The smallest absolute Gasteiger partial charge is 0.374 e. The second-order valence-electron chi connectivity index (χ2n) is 4.49. The van der Waals surface area contributed by atoms with E-state index in [0.29, 0.717) is 10.6 Å². The minimum absolute atomic E-state index is 0.178. The van der Waals surface area contributed by atoms with Gasteiger partial charge in [-0.25, -0.2) is 0 Å². The Labute approximate surface area is 112 Å². The van der Waals surface area contributed by atoms with Gasteiger partial charge in [0.05, 0.1) is 17.3 Å². The van der Waals surface area contributed by atoms with E-state index < -0.39 is 4.92 Å². The lowest BCUT2D eigenvalue weighted by Crippen LogP contribution is -2.05. The summed E-state index contributed by atoms with van der Waals surface area (Å²) in [6.45, 7) is 0. The molecule has 2 aromatic rings. The van der Waals surface area contributed by atoms with Crippen LogP contribution in [-0.4, -0.2) is 24.9 Å². The van der Waals surface area contributed by atoms with E-state index in [0.717, 1.165) is 37.0 Å². The minimum Gasteiger partial charge on any atom is -0.374 e. The second kappa shape index (κ2) is 4.57. The topological polar surface area (TPSA) is 113 Å². The third kappa shape index (κ3) is 2.16. The Morgan fingerprint density at radius 2 is 2.16 bits per heavy atom. The van der Waals surface area contributed by atoms with Gasteiger partial charge in [-0.05, 0) is 17.8 Å². The number of rotatable bonds is 3. The van der Waals surface area contributed by atoms with E-state index in [1.165, 1.54) is 0 Å². The Hall–Kier alpha value is -2.03. The van der Waals surface area contributed by atoms with Gasteiger partial charge >= 0.3 is 5.82 Å². The third-order valence-electron chi connectivity index (χ3n) is 3.26. The van der Waals surface area contributed by atoms with Gasteiger partial charge in [0, 0.05) is 0 Å². The molecule has 3 rings (SSSR count). The van der Waals surface area contributed by atoms with Gasteiger partial charge < -0.3 is 15.8 Å². The Kier molecular flexibility index (Phi) is 2.90. The number of hydrogen-bond donors (Lipinski definition) is 1. The van der Waals surface area contributed by atoms with Gasteiger partial charge in [0.25, 0.3) is 0 Å². The van der Waals surface area contributed by atoms with E-state index in [1.807, 2.05) is 0 Å². The van der Waals surface area contributed by atoms with Crippen LogP contribution in [0.15, 0.2) is 6.20 Å². The van der Waals surface area contributed by atoms with Crippen LogP contribution in [0.4, 0.5) is 10.9 Å². The van der Waals surface area contributed by atoms with Crippen LogP contribution in [0, 0.1) is 10.1 Å². The molecule has 9 heteroatoms. The highest BCUT2D eigenvalue weighted by molar-refractivity contribution is 7.18. The first-order valence-electron chi connectivity index (χ1n) is 5.98. The fourth-order valence-electron chi connectivity index (χ4n) is 2.37. The Morgan fingerprint density at radius 3 is 2.74 bits per heavy atom. The zero-order valence-corrected chi connectivity index (χ0v) is 10.8. The van der Waals surface area contributed by atoms with Crippen LogP contribution in [-0.2, 0) is 0 Å². The molecule has 8 nitrogen and oxygen atoms in total. The molecule has 1 aliphatic rings. The molecular formula is C10H12N6O2S.